The molecule has 0 aromatic carbocycles. The Morgan fingerprint density at radius 2 is 1.25 bits per heavy atom. The maximum atomic E-state index is 10.3. The minimum atomic E-state index is -0.677. The normalized spacial score (nSPS) is 9.25. The number of rotatable bonds is 10. The summed E-state index contributed by atoms with van der Waals surface area (Å²) in [4.78, 5) is 10.3. The van der Waals surface area contributed by atoms with Crippen molar-refractivity contribution in [3.8, 4) is 23.7 Å². The van der Waals surface area contributed by atoms with E-state index in [1.807, 2.05) is 0 Å². The quantitative estimate of drug-likeness (QED) is 0.460. The van der Waals surface area contributed by atoms with Gasteiger partial charge in [0, 0.05) is 32.1 Å². The number of hydrogen-bond donors (Lipinski definition) is 1. The van der Waals surface area contributed by atoms with E-state index in [1.54, 1.807) is 0 Å². The summed E-state index contributed by atoms with van der Waals surface area (Å²) in [5.74, 6) is 11.8. The van der Waals surface area contributed by atoms with Gasteiger partial charge in [0.1, 0.15) is 0 Å². The molecule has 0 aliphatic rings. The SMILES string of the molecule is CCC#CCCC#CCCCCCCCCCC(=O)O. The summed E-state index contributed by atoms with van der Waals surface area (Å²) < 4.78 is 0. The van der Waals surface area contributed by atoms with E-state index in [1.165, 1.54) is 25.7 Å². The summed E-state index contributed by atoms with van der Waals surface area (Å²) >= 11 is 0. The Morgan fingerprint density at radius 3 is 1.85 bits per heavy atom. The molecule has 1 N–H and O–H groups in total. The summed E-state index contributed by atoms with van der Waals surface area (Å²) in [6, 6.07) is 0. The first-order chi connectivity index (χ1) is 9.77. The highest BCUT2D eigenvalue weighted by Gasteiger charge is 1.96. The molecule has 0 aliphatic heterocycles. The summed E-state index contributed by atoms with van der Waals surface area (Å²) in [6.45, 7) is 2.06. The molecule has 0 radical (unpaired) electrons. The van der Waals surface area contributed by atoms with Gasteiger partial charge in [0.25, 0.3) is 0 Å². The molecule has 0 aliphatic carbocycles. The predicted octanol–water partition coefficient (Wildman–Crippen LogP) is 4.78. The Hall–Kier alpha value is -1.41. The third-order valence-electron chi connectivity index (χ3n) is 2.99. The average molecular weight is 276 g/mol. The first-order valence-electron chi connectivity index (χ1n) is 7.90. The maximum Gasteiger partial charge on any atom is 0.303 e. The summed E-state index contributed by atoms with van der Waals surface area (Å²) in [5, 5.41) is 8.50. The van der Waals surface area contributed by atoms with E-state index >= 15 is 0 Å². The van der Waals surface area contributed by atoms with Crippen LogP contribution in [0.15, 0.2) is 0 Å². The maximum absolute atomic E-state index is 10.3. The molecular weight excluding hydrogens is 248 g/mol. The van der Waals surface area contributed by atoms with Crippen LogP contribution in [0.5, 0.6) is 0 Å². The zero-order chi connectivity index (χ0) is 14.9. The van der Waals surface area contributed by atoms with Crippen molar-refractivity contribution < 1.29 is 9.90 Å². The van der Waals surface area contributed by atoms with Crippen molar-refractivity contribution in [3.05, 3.63) is 0 Å². The van der Waals surface area contributed by atoms with Crippen LogP contribution in [0.25, 0.3) is 0 Å². The van der Waals surface area contributed by atoms with Gasteiger partial charge in [0.05, 0.1) is 0 Å². The smallest absolute Gasteiger partial charge is 0.303 e. The Bertz CT molecular complexity index is 349. The summed E-state index contributed by atoms with van der Waals surface area (Å²) in [7, 11) is 0. The highest BCUT2D eigenvalue weighted by atomic mass is 16.4. The second-order valence-corrected chi connectivity index (χ2v) is 4.93. The molecule has 0 amide bonds. The molecule has 112 valence electrons. The zero-order valence-electron chi connectivity index (χ0n) is 12.8. The van der Waals surface area contributed by atoms with Crippen molar-refractivity contribution in [3.63, 3.8) is 0 Å². The van der Waals surface area contributed by atoms with Crippen LogP contribution in [-0.2, 0) is 4.79 Å². The zero-order valence-corrected chi connectivity index (χ0v) is 12.8. The topological polar surface area (TPSA) is 37.3 Å². The fraction of sp³-hybridized carbons (Fsp3) is 0.722. The highest BCUT2D eigenvalue weighted by molar-refractivity contribution is 5.66. The fourth-order valence-corrected chi connectivity index (χ4v) is 1.89. The minimum absolute atomic E-state index is 0.318. The lowest BCUT2D eigenvalue weighted by Gasteiger charge is -1.99. The summed E-state index contributed by atoms with van der Waals surface area (Å²) in [6.07, 6.45) is 12.0. The van der Waals surface area contributed by atoms with Gasteiger partial charge in [0.2, 0.25) is 0 Å². The van der Waals surface area contributed by atoms with Crippen LogP contribution in [0.4, 0.5) is 0 Å². The Labute approximate surface area is 124 Å². The molecule has 0 rings (SSSR count). The van der Waals surface area contributed by atoms with Crippen molar-refractivity contribution in [2.24, 2.45) is 0 Å². The largest absolute Gasteiger partial charge is 0.481 e. The number of aliphatic carboxylic acids is 1. The lowest BCUT2D eigenvalue weighted by molar-refractivity contribution is -0.137. The fourth-order valence-electron chi connectivity index (χ4n) is 1.89. The van der Waals surface area contributed by atoms with E-state index < -0.39 is 5.97 Å². The van der Waals surface area contributed by atoms with Gasteiger partial charge < -0.3 is 5.11 Å². The minimum Gasteiger partial charge on any atom is -0.481 e. The molecule has 2 nitrogen and oxygen atoms in total. The Morgan fingerprint density at radius 1 is 0.750 bits per heavy atom. The number of unbranched alkanes of at least 4 members (excludes halogenated alkanes) is 8. The van der Waals surface area contributed by atoms with Gasteiger partial charge in [-0.3, -0.25) is 4.79 Å². The second kappa shape index (κ2) is 15.6. The van der Waals surface area contributed by atoms with Gasteiger partial charge in [-0.25, -0.2) is 0 Å². The van der Waals surface area contributed by atoms with E-state index in [0.29, 0.717) is 6.42 Å². The van der Waals surface area contributed by atoms with Gasteiger partial charge >= 0.3 is 5.97 Å². The molecule has 2 heteroatoms. The van der Waals surface area contributed by atoms with Crippen molar-refractivity contribution in [1.82, 2.24) is 0 Å². The van der Waals surface area contributed by atoms with Crippen LogP contribution in [0.2, 0.25) is 0 Å². The highest BCUT2D eigenvalue weighted by Crippen LogP contribution is 2.09. The molecule has 0 heterocycles. The molecule has 0 bridgehead atoms. The van der Waals surface area contributed by atoms with E-state index in [9.17, 15) is 4.79 Å². The van der Waals surface area contributed by atoms with Gasteiger partial charge in [0.15, 0.2) is 0 Å². The number of carboxylic acid groups (broad SMARTS) is 1. The second-order valence-electron chi connectivity index (χ2n) is 4.93. The predicted molar refractivity (Wildman–Crippen MR) is 84.3 cm³/mol. The van der Waals surface area contributed by atoms with Gasteiger partial charge in [-0.05, 0) is 12.8 Å². The van der Waals surface area contributed by atoms with Crippen LogP contribution in [0.3, 0.4) is 0 Å². The lowest BCUT2D eigenvalue weighted by atomic mass is 10.1. The summed E-state index contributed by atoms with van der Waals surface area (Å²) in [5.41, 5.74) is 0. The van der Waals surface area contributed by atoms with Crippen molar-refractivity contribution in [2.45, 2.75) is 84.0 Å². The van der Waals surface area contributed by atoms with E-state index in [0.717, 1.165) is 44.9 Å². The van der Waals surface area contributed by atoms with Gasteiger partial charge in [-0.1, -0.05) is 39.0 Å². The molecule has 0 aromatic rings. The molecule has 0 saturated heterocycles. The third kappa shape index (κ3) is 16.6. The van der Waals surface area contributed by atoms with Crippen molar-refractivity contribution in [1.29, 1.82) is 0 Å². The number of carbonyl (C=O) groups is 1. The van der Waals surface area contributed by atoms with Gasteiger partial charge in [-0.15, -0.1) is 23.7 Å². The third-order valence-corrected chi connectivity index (χ3v) is 2.99. The molecule has 0 spiro atoms. The molecule has 20 heavy (non-hydrogen) atoms. The van der Waals surface area contributed by atoms with Crippen LogP contribution in [-0.4, -0.2) is 11.1 Å². The van der Waals surface area contributed by atoms with Gasteiger partial charge in [-0.2, -0.15) is 0 Å². The molecule has 0 atom stereocenters. The van der Waals surface area contributed by atoms with Crippen LogP contribution in [0.1, 0.15) is 84.0 Å². The van der Waals surface area contributed by atoms with Crippen LogP contribution >= 0.6 is 0 Å². The van der Waals surface area contributed by atoms with Crippen LogP contribution < -0.4 is 0 Å². The van der Waals surface area contributed by atoms with Crippen molar-refractivity contribution in [2.75, 3.05) is 0 Å². The molecule has 0 aromatic heterocycles. The lowest BCUT2D eigenvalue weighted by Crippen LogP contribution is -1.93. The molecular formula is C18H28O2. The molecule has 0 fully saturated rings. The Balaban J connectivity index is 3.16. The monoisotopic (exact) mass is 276 g/mol. The standard InChI is InChI=1S/C18H28O2/c1-2-3-4-5-6-7-8-9-10-11-12-13-14-15-16-17-18(19)20/h2,5-6,9-17H2,1H3,(H,19,20). The average Bonchev–Trinajstić information content (AvgIpc) is 2.43. The Kier molecular flexibility index (Phi) is 14.5. The van der Waals surface area contributed by atoms with E-state index in [-0.39, 0.29) is 0 Å². The van der Waals surface area contributed by atoms with Crippen molar-refractivity contribution >= 4 is 5.97 Å². The van der Waals surface area contributed by atoms with E-state index in [4.69, 9.17) is 5.11 Å². The number of hydrogen-bond acceptors (Lipinski definition) is 1. The molecule has 0 unspecified atom stereocenters. The van der Waals surface area contributed by atoms with Crippen LogP contribution in [0, 0.1) is 23.7 Å². The first kappa shape index (κ1) is 18.6. The molecule has 0 saturated carbocycles. The van der Waals surface area contributed by atoms with E-state index in [2.05, 4.69) is 30.6 Å². The first-order valence-corrected chi connectivity index (χ1v) is 7.90. The number of carboxylic acids is 1.